The van der Waals surface area contributed by atoms with Crippen LogP contribution in [-0.2, 0) is 11.0 Å². The second-order valence-corrected chi connectivity index (χ2v) is 3.33. The minimum absolute atomic E-state index is 0.340. The molecule has 0 atom stereocenters. The molecule has 0 aliphatic rings. The van der Waals surface area contributed by atoms with E-state index >= 15 is 0 Å². The molecule has 3 nitrogen and oxygen atoms in total. The van der Waals surface area contributed by atoms with Crippen LogP contribution < -0.4 is 5.73 Å². The van der Waals surface area contributed by atoms with Crippen LogP contribution in [0.3, 0.4) is 0 Å². The molecule has 0 aromatic heterocycles. The lowest BCUT2D eigenvalue weighted by Gasteiger charge is -2.06. The van der Waals surface area contributed by atoms with E-state index in [9.17, 15) is 13.2 Å². The number of nitrogens with two attached hydrogens (primary N) is 1. The Morgan fingerprint density at radius 3 is 2.76 bits per heavy atom. The SMILES string of the molecule is NCCCO/N=C/c1cccc(C(F)(F)F)c1. The summed E-state index contributed by atoms with van der Waals surface area (Å²) in [5.74, 6) is 0. The molecule has 0 bridgehead atoms. The molecule has 0 heterocycles. The number of nitrogens with zero attached hydrogens (tertiary/aromatic N) is 1. The van der Waals surface area contributed by atoms with Gasteiger partial charge >= 0.3 is 6.18 Å². The Labute approximate surface area is 97.1 Å². The van der Waals surface area contributed by atoms with Gasteiger partial charge in [-0.2, -0.15) is 13.2 Å². The van der Waals surface area contributed by atoms with Crippen molar-refractivity contribution in [1.82, 2.24) is 0 Å². The van der Waals surface area contributed by atoms with Crippen molar-refractivity contribution in [2.75, 3.05) is 13.2 Å². The van der Waals surface area contributed by atoms with Crippen molar-refractivity contribution in [3.05, 3.63) is 35.4 Å². The van der Waals surface area contributed by atoms with Crippen molar-refractivity contribution in [3.63, 3.8) is 0 Å². The van der Waals surface area contributed by atoms with E-state index in [4.69, 9.17) is 10.6 Å². The van der Waals surface area contributed by atoms with Crippen molar-refractivity contribution in [1.29, 1.82) is 0 Å². The molecule has 0 spiro atoms. The highest BCUT2D eigenvalue weighted by molar-refractivity contribution is 5.79. The van der Waals surface area contributed by atoms with Crippen LogP contribution in [0.5, 0.6) is 0 Å². The number of hydrogen-bond donors (Lipinski definition) is 1. The molecule has 0 unspecified atom stereocenters. The first-order valence-electron chi connectivity index (χ1n) is 5.06. The lowest BCUT2D eigenvalue weighted by molar-refractivity contribution is -0.137. The van der Waals surface area contributed by atoms with E-state index < -0.39 is 11.7 Å². The van der Waals surface area contributed by atoms with Crippen LogP contribution in [0.1, 0.15) is 17.5 Å². The molecule has 2 N–H and O–H groups in total. The van der Waals surface area contributed by atoms with Gasteiger partial charge in [0.05, 0.1) is 11.8 Å². The second kappa shape index (κ2) is 6.24. The van der Waals surface area contributed by atoms with Gasteiger partial charge in [0.25, 0.3) is 0 Å². The normalized spacial score (nSPS) is 12.0. The minimum atomic E-state index is -4.34. The van der Waals surface area contributed by atoms with Crippen molar-refractivity contribution in [2.24, 2.45) is 10.9 Å². The lowest BCUT2D eigenvalue weighted by Crippen LogP contribution is -2.05. The average molecular weight is 246 g/mol. The van der Waals surface area contributed by atoms with E-state index in [1.165, 1.54) is 18.3 Å². The molecule has 94 valence electrons. The maximum Gasteiger partial charge on any atom is 0.416 e. The first-order chi connectivity index (χ1) is 8.04. The summed E-state index contributed by atoms with van der Waals surface area (Å²) >= 11 is 0. The highest BCUT2D eigenvalue weighted by Gasteiger charge is 2.30. The van der Waals surface area contributed by atoms with E-state index in [2.05, 4.69) is 5.16 Å². The second-order valence-electron chi connectivity index (χ2n) is 3.33. The molecule has 1 aromatic carbocycles. The first kappa shape index (κ1) is 13.5. The summed E-state index contributed by atoms with van der Waals surface area (Å²) in [6.07, 6.45) is -2.45. The van der Waals surface area contributed by atoms with Crippen LogP contribution in [0.15, 0.2) is 29.4 Å². The minimum Gasteiger partial charge on any atom is -0.396 e. The predicted octanol–water partition coefficient (Wildman–Crippen LogP) is 2.40. The maximum atomic E-state index is 12.4. The Morgan fingerprint density at radius 2 is 2.12 bits per heavy atom. The van der Waals surface area contributed by atoms with Crippen LogP contribution >= 0.6 is 0 Å². The number of alkyl halides is 3. The molecule has 0 fully saturated rings. The van der Waals surface area contributed by atoms with E-state index in [1.54, 1.807) is 0 Å². The zero-order chi connectivity index (χ0) is 12.7. The Balaban J connectivity index is 2.60. The van der Waals surface area contributed by atoms with Gasteiger partial charge in [-0.3, -0.25) is 0 Å². The van der Waals surface area contributed by atoms with E-state index in [0.717, 1.165) is 12.1 Å². The summed E-state index contributed by atoms with van der Waals surface area (Å²) in [7, 11) is 0. The van der Waals surface area contributed by atoms with Gasteiger partial charge in [0.15, 0.2) is 0 Å². The van der Waals surface area contributed by atoms with Crippen LogP contribution in [0.4, 0.5) is 13.2 Å². The Kier molecular flexibility index (Phi) is 4.96. The quantitative estimate of drug-likeness (QED) is 0.492. The van der Waals surface area contributed by atoms with Gasteiger partial charge in [0.1, 0.15) is 6.61 Å². The summed E-state index contributed by atoms with van der Waals surface area (Å²) in [6.45, 7) is 0.838. The summed E-state index contributed by atoms with van der Waals surface area (Å²) in [4.78, 5) is 4.81. The smallest absolute Gasteiger partial charge is 0.396 e. The Hall–Kier alpha value is -1.56. The van der Waals surface area contributed by atoms with Crippen molar-refractivity contribution >= 4 is 6.21 Å². The van der Waals surface area contributed by atoms with E-state index in [1.807, 2.05) is 0 Å². The fourth-order valence-electron chi connectivity index (χ4n) is 1.09. The highest BCUT2D eigenvalue weighted by Crippen LogP contribution is 2.29. The molecule has 0 amide bonds. The largest absolute Gasteiger partial charge is 0.416 e. The van der Waals surface area contributed by atoms with Crippen LogP contribution in [0.2, 0.25) is 0 Å². The third-order valence-electron chi connectivity index (χ3n) is 1.93. The molecule has 17 heavy (non-hydrogen) atoms. The lowest BCUT2D eigenvalue weighted by atomic mass is 10.1. The average Bonchev–Trinajstić information content (AvgIpc) is 2.28. The van der Waals surface area contributed by atoms with Crippen LogP contribution in [0.25, 0.3) is 0 Å². The van der Waals surface area contributed by atoms with Gasteiger partial charge in [0, 0.05) is 0 Å². The Bertz CT molecular complexity index is 377. The van der Waals surface area contributed by atoms with E-state index in [0.29, 0.717) is 25.1 Å². The van der Waals surface area contributed by atoms with Gasteiger partial charge in [-0.1, -0.05) is 17.3 Å². The topological polar surface area (TPSA) is 47.6 Å². The van der Waals surface area contributed by atoms with Crippen molar-refractivity contribution < 1.29 is 18.0 Å². The van der Waals surface area contributed by atoms with Gasteiger partial charge in [-0.15, -0.1) is 0 Å². The first-order valence-corrected chi connectivity index (χ1v) is 5.06. The number of rotatable bonds is 5. The zero-order valence-electron chi connectivity index (χ0n) is 9.07. The van der Waals surface area contributed by atoms with Crippen LogP contribution in [-0.4, -0.2) is 19.4 Å². The molecule has 0 radical (unpaired) electrons. The van der Waals surface area contributed by atoms with Crippen LogP contribution in [0, 0.1) is 0 Å². The van der Waals surface area contributed by atoms with Gasteiger partial charge in [-0.05, 0) is 30.7 Å². The molecule has 0 saturated heterocycles. The Morgan fingerprint density at radius 1 is 1.35 bits per heavy atom. The maximum absolute atomic E-state index is 12.4. The summed E-state index contributed by atoms with van der Waals surface area (Å²) in [5, 5.41) is 3.55. The number of halogens is 3. The molecule has 0 aliphatic carbocycles. The summed E-state index contributed by atoms with van der Waals surface area (Å²) < 4.78 is 37.1. The zero-order valence-corrected chi connectivity index (χ0v) is 9.07. The molecular formula is C11H13F3N2O. The standard InChI is InChI=1S/C11H13F3N2O/c12-11(13,14)10-4-1-3-9(7-10)8-16-17-6-2-5-15/h1,3-4,7-8H,2,5-6,15H2/b16-8+. The molecule has 1 rings (SSSR count). The fourth-order valence-corrected chi connectivity index (χ4v) is 1.09. The molecule has 0 aliphatic heterocycles. The monoisotopic (exact) mass is 246 g/mol. The summed E-state index contributed by atoms with van der Waals surface area (Å²) in [5.41, 5.74) is 4.87. The van der Waals surface area contributed by atoms with Crippen molar-refractivity contribution in [3.8, 4) is 0 Å². The molecular weight excluding hydrogens is 233 g/mol. The third kappa shape index (κ3) is 4.86. The molecule has 0 saturated carbocycles. The third-order valence-corrected chi connectivity index (χ3v) is 1.93. The van der Waals surface area contributed by atoms with Gasteiger partial charge in [0.2, 0.25) is 0 Å². The predicted molar refractivity (Wildman–Crippen MR) is 58.7 cm³/mol. The van der Waals surface area contributed by atoms with E-state index in [-0.39, 0.29) is 0 Å². The highest BCUT2D eigenvalue weighted by atomic mass is 19.4. The number of oxime groups is 1. The number of benzene rings is 1. The van der Waals surface area contributed by atoms with Gasteiger partial charge < -0.3 is 10.6 Å². The fraction of sp³-hybridized carbons (Fsp3) is 0.364. The summed E-state index contributed by atoms with van der Waals surface area (Å²) in [6, 6.07) is 4.86. The van der Waals surface area contributed by atoms with Crippen molar-refractivity contribution in [2.45, 2.75) is 12.6 Å². The van der Waals surface area contributed by atoms with Gasteiger partial charge in [-0.25, -0.2) is 0 Å². The molecule has 6 heteroatoms. The number of hydrogen-bond acceptors (Lipinski definition) is 3. The molecule has 1 aromatic rings.